The molecule has 1 spiro atoms. The number of carboxylic acids is 1. The number of rotatable bonds is 3. The Morgan fingerprint density at radius 1 is 1.03 bits per heavy atom. The summed E-state index contributed by atoms with van der Waals surface area (Å²) in [6.07, 6.45) is -2.97. The highest BCUT2D eigenvalue weighted by molar-refractivity contribution is 5.72. The summed E-state index contributed by atoms with van der Waals surface area (Å²) in [4.78, 5) is 12.2. The van der Waals surface area contributed by atoms with Gasteiger partial charge in [-0.3, -0.25) is 4.79 Å². The zero-order valence-corrected chi connectivity index (χ0v) is 19.4. The van der Waals surface area contributed by atoms with Gasteiger partial charge in [0.1, 0.15) is 11.7 Å². The van der Waals surface area contributed by atoms with E-state index in [4.69, 9.17) is 4.74 Å². The molecule has 2 aliphatic carbocycles. The number of hydrogen-bond acceptors (Lipinski definition) is 7. The van der Waals surface area contributed by atoms with E-state index in [1.807, 2.05) is 13.8 Å². The van der Waals surface area contributed by atoms with Crippen molar-refractivity contribution in [3.05, 3.63) is 12.2 Å². The molecule has 182 valence electrons. The quantitative estimate of drug-likeness (QED) is 0.345. The van der Waals surface area contributed by atoms with E-state index in [-0.39, 0.29) is 25.4 Å². The van der Waals surface area contributed by atoms with Gasteiger partial charge in [0.2, 0.25) is 5.79 Å². The van der Waals surface area contributed by atoms with E-state index >= 15 is 0 Å². The summed E-state index contributed by atoms with van der Waals surface area (Å²) in [6.45, 7) is 11.1. The van der Waals surface area contributed by atoms with Crippen LogP contribution in [0.5, 0.6) is 0 Å². The van der Waals surface area contributed by atoms with Crippen molar-refractivity contribution in [1.29, 1.82) is 0 Å². The molecule has 8 heteroatoms. The Morgan fingerprint density at radius 2 is 1.66 bits per heavy atom. The Balaban J connectivity index is 1.88. The molecule has 3 unspecified atom stereocenters. The summed E-state index contributed by atoms with van der Waals surface area (Å²) in [5.41, 5.74) is -3.60. The molecule has 2 aliphatic heterocycles. The fourth-order valence-electron chi connectivity index (χ4n) is 7.53. The molecule has 0 aromatic rings. The summed E-state index contributed by atoms with van der Waals surface area (Å²) in [5, 5.41) is 68.2. The monoisotopic (exact) mass is 454 g/mol. The van der Waals surface area contributed by atoms with Gasteiger partial charge in [0.05, 0.1) is 24.7 Å². The predicted molar refractivity (Wildman–Crippen MR) is 114 cm³/mol. The zero-order valence-electron chi connectivity index (χ0n) is 19.4. The minimum Gasteiger partial charge on any atom is -0.481 e. The molecule has 6 N–H and O–H groups in total. The smallest absolute Gasteiger partial charge is 0.309 e. The van der Waals surface area contributed by atoms with E-state index in [1.165, 1.54) is 0 Å². The van der Waals surface area contributed by atoms with Crippen molar-refractivity contribution in [1.82, 2.24) is 0 Å². The topological polar surface area (TPSA) is 148 Å². The molecule has 2 saturated carbocycles. The molecule has 4 fully saturated rings. The van der Waals surface area contributed by atoms with Crippen LogP contribution < -0.4 is 0 Å². The van der Waals surface area contributed by atoms with Crippen LogP contribution in [0.1, 0.15) is 53.4 Å². The Kier molecular flexibility index (Phi) is 5.45. The number of carbonyl (C=O) groups is 1. The molecule has 4 rings (SSSR count). The molecule has 32 heavy (non-hydrogen) atoms. The number of hydrogen-bond donors (Lipinski definition) is 6. The molecule has 0 aromatic heterocycles. The van der Waals surface area contributed by atoms with Gasteiger partial charge in [0, 0.05) is 11.3 Å². The van der Waals surface area contributed by atoms with Gasteiger partial charge >= 0.3 is 5.97 Å². The maximum Gasteiger partial charge on any atom is 0.309 e. The van der Waals surface area contributed by atoms with Crippen molar-refractivity contribution < 1.29 is 40.2 Å². The van der Waals surface area contributed by atoms with Crippen molar-refractivity contribution in [3.8, 4) is 0 Å². The Bertz CT molecular complexity index is 810. The van der Waals surface area contributed by atoms with E-state index in [9.17, 15) is 35.4 Å². The first kappa shape index (κ1) is 24.1. The van der Waals surface area contributed by atoms with Crippen LogP contribution >= 0.6 is 0 Å². The highest BCUT2D eigenvalue weighted by Crippen LogP contribution is 2.65. The van der Waals surface area contributed by atoms with E-state index in [2.05, 4.69) is 6.58 Å². The van der Waals surface area contributed by atoms with Crippen molar-refractivity contribution in [2.24, 2.45) is 40.4 Å². The highest BCUT2D eigenvalue weighted by atomic mass is 16.7. The summed E-state index contributed by atoms with van der Waals surface area (Å²) >= 11 is 0. The second-order valence-corrected chi connectivity index (χ2v) is 11.8. The average molecular weight is 455 g/mol. The van der Waals surface area contributed by atoms with E-state index in [1.54, 1.807) is 13.8 Å². The fourth-order valence-corrected chi connectivity index (χ4v) is 7.53. The summed E-state index contributed by atoms with van der Waals surface area (Å²) in [5.74, 6) is -6.75. The number of carboxylic acid groups (broad SMARTS) is 1. The molecular weight excluding hydrogens is 416 g/mol. The minimum absolute atomic E-state index is 0.0511. The normalized spacial score (nSPS) is 52.1. The second kappa shape index (κ2) is 7.23. The maximum atomic E-state index is 12.2. The van der Waals surface area contributed by atoms with Crippen molar-refractivity contribution in [3.63, 3.8) is 0 Å². The summed E-state index contributed by atoms with van der Waals surface area (Å²) in [7, 11) is 0. The van der Waals surface area contributed by atoms with Crippen LogP contribution in [-0.2, 0) is 9.53 Å². The van der Waals surface area contributed by atoms with Gasteiger partial charge in [-0.05, 0) is 48.9 Å². The largest absolute Gasteiger partial charge is 0.481 e. The van der Waals surface area contributed by atoms with Crippen LogP contribution in [0, 0.1) is 40.4 Å². The first-order valence-corrected chi connectivity index (χ1v) is 11.7. The lowest BCUT2D eigenvalue weighted by Gasteiger charge is -2.61. The summed E-state index contributed by atoms with van der Waals surface area (Å²) < 4.78 is 5.87. The molecule has 3 bridgehead atoms. The third kappa shape index (κ3) is 2.80. The van der Waals surface area contributed by atoms with Crippen LogP contribution in [0.4, 0.5) is 0 Å². The average Bonchev–Trinajstić information content (AvgIpc) is 2.87. The van der Waals surface area contributed by atoms with Gasteiger partial charge in [-0.1, -0.05) is 39.8 Å². The van der Waals surface area contributed by atoms with Gasteiger partial charge in [-0.25, -0.2) is 0 Å². The lowest BCUT2D eigenvalue weighted by Crippen LogP contribution is -2.75. The Morgan fingerprint density at radius 3 is 2.22 bits per heavy atom. The molecule has 0 aromatic carbocycles. The number of aliphatic carboxylic acids is 1. The van der Waals surface area contributed by atoms with Crippen LogP contribution in [0.2, 0.25) is 0 Å². The van der Waals surface area contributed by atoms with Crippen LogP contribution in [0.3, 0.4) is 0 Å². The third-order valence-corrected chi connectivity index (χ3v) is 9.68. The highest BCUT2D eigenvalue weighted by Gasteiger charge is 2.75. The molecule has 4 aliphatic rings. The maximum absolute atomic E-state index is 12.2. The number of ether oxygens (including phenoxy) is 1. The van der Waals surface area contributed by atoms with Gasteiger partial charge in [0.25, 0.3) is 0 Å². The molecule has 2 saturated heterocycles. The molecule has 10 atom stereocenters. The lowest BCUT2D eigenvalue weighted by atomic mass is 9.46. The molecule has 2 heterocycles. The first-order chi connectivity index (χ1) is 14.6. The van der Waals surface area contributed by atoms with Crippen molar-refractivity contribution in [2.45, 2.75) is 83.1 Å². The summed E-state index contributed by atoms with van der Waals surface area (Å²) in [6, 6.07) is 0. The fraction of sp³-hybridized carbons (Fsp3) is 0.875. The van der Waals surface area contributed by atoms with Crippen molar-refractivity contribution in [2.75, 3.05) is 6.61 Å². The number of aliphatic hydroxyl groups excluding tert-OH is 3. The Labute approximate surface area is 188 Å². The first-order valence-electron chi connectivity index (χ1n) is 11.7. The zero-order chi connectivity index (χ0) is 24.0. The van der Waals surface area contributed by atoms with Gasteiger partial charge in [-0.2, -0.15) is 0 Å². The molecule has 0 radical (unpaired) electrons. The van der Waals surface area contributed by atoms with Gasteiger partial charge in [0.15, 0.2) is 0 Å². The van der Waals surface area contributed by atoms with Crippen LogP contribution in [-0.4, -0.2) is 72.9 Å². The number of fused-ring (bicyclic) bond motifs is 5. The van der Waals surface area contributed by atoms with Gasteiger partial charge < -0.3 is 35.4 Å². The van der Waals surface area contributed by atoms with Crippen LogP contribution in [0.25, 0.3) is 0 Å². The Hall–Kier alpha value is -1.03. The van der Waals surface area contributed by atoms with Gasteiger partial charge in [-0.15, -0.1) is 0 Å². The number of aliphatic hydroxyl groups is 5. The minimum atomic E-state index is -2.51. The third-order valence-electron chi connectivity index (χ3n) is 9.68. The molecule has 0 amide bonds. The van der Waals surface area contributed by atoms with Crippen molar-refractivity contribution >= 4 is 5.97 Å². The second-order valence-electron chi connectivity index (χ2n) is 11.8. The molecule has 8 nitrogen and oxygen atoms in total. The van der Waals surface area contributed by atoms with E-state index < -0.39 is 70.2 Å². The van der Waals surface area contributed by atoms with E-state index in [0.717, 1.165) is 5.57 Å². The van der Waals surface area contributed by atoms with E-state index in [0.29, 0.717) is 12.8 Å². The SMILES string of the molecule is C=C(C(C)C)[C@@H]1CC[C@@H]2C[C@@]34CO[C@](O)([C@@H](O)[C@H](C3)C(C)(C)C(C(=O)O)[C@H]4O)C2(O)C1O. The van der Waals surface area contributed by atoms with Crippen LogP contribution in [0.15, 0.2) is 12.2 Å². The predicted octanol–water partition coefficient (Wildman–Crippen LogP) is 0.894. The molecular formula is C24H38O8. The lowest BCUT2D eigenvalue weighted by molar-refractivity contribution is -0.378. The standard InChI is InChI=1S/C24H38O8/c1-11(2)12(3)14-7-6-13-8-22-9-15(21(4,5)16(19(22)27)20(28)29)18(26)24(31,32-10-22)23(13,30)17(14)25/h11,13-19,25-27,30-31H,3,6-10H2,1-2,4-5H3,(H,28,29)/t13-,14+,15+,16?,17?,18+,19-,22+,23?,24-/m1/s1.